The van der Waals surface area contributed by atoms with Gasteiger partial charge in [-0.2, -0.15) is 0 Å². The molecule has 2 heterocycles. The van der Waals surface area contributed by atoms with Crippen molar-refractivity contribution in [3.63, 3.8) is 0 Å². The number of amides is 1. The molecule has 4 nitrogen and oxygen atoms in total. The van der Waals surface area contributed by atoms with E-state index in [9.17, 15) is 4.79 Å². The Labute approximate surface area is 126 Å². The van der Waals surface area contributed by atoms with Crippen LogP contribution in [0.2, 0.25) is 0 Å². The monoisotopic (exact) mass is 295 g/mol. The fraction of sp³-hybridized carbons (Fsp3) is 0.0625. The number of carbonyl (C=O) groups is 1. The number of carbonyl (C=O) groups excluding carboxylic acids is 1. The summed E-state index contributed by atoms with van der Waals surface area (Å²) in [5.74, 6) is -0.197. The minimum Gasteiger partial charge on any atom is -0.321 e. The van der Waals surface area contributed by atoms with Crippen molar-refractivity contribution >= 4 is 22.9 Å². The van der Waals surface area contributed by atoms with Crippen LogP contribution < -0.4 is 5.32 Å². The van der Waals surface area contributed by atoms with Crippen LogP contribution in [0.3, 0.4) is 0 Å². The summed E-state index contributed by atoms with van der Waals surface area (Å²) in [5.41, 5.74) is 3.26. The predicted octanol–water partition coefficient (Wildman–Crippen LogP) is 3.77. The number of thiazole rings is 1. The number of hydrogen-bond acceptors (Lipinski definition) is 4. The van der Waals surface area contributed by atoms with Gasteiger partial charge in [-0.05, 0) is 36.8 Å². The van der Waals surface area contributed by atoms with Crippen LogP contribution in [-0.2, 0) is 0 Å². The van der Waals surface area contributed by atoms with E-state index in [4.69, 9.17) is 0 Å². The lowest BCUT2D eigenvalue weighted by molar-refractivity contribution is 0.102. The highest BCUT2D eigenvalue weighted by Gasteiger charge is 2.12. The van der Waals surface area contributed by atoms with Crippen LogP contribution in [0.15, 0.2) is 54.2 Å². The molecule has 3 aromatic rings. The van der Waals surface area contributed by atoms with Crippen molar-refractivity contribution in [3.05, 3.63) is 65.4 Å². The molecule has 21 heavy (non-hydrogen) atoms. The Bertz CT molecular complexity index is 768. The van der Waals surface area contributed by atoms with Gasteiger partial charge in [-0.3, -0.25) is 9.78 Å². The molecule has 3 rings (SSSR count). The van der Waals surface area contributed by atoms with Gasteiger partial charge in [0.2, 0.25) is 0 Å². The summed E-state index contributed by atoms with van der Waals surface area (Å²) in [6, 6.07) is 11.4. The number of benzene rings is 1. The van der Waals surface area contributed by atoms with Gasteiger partial charge in [0, 0.05) is 29.0 Å². The van der Waals surface area contributed by atoms with Gasteiger partial charge in [0.15, 0.2) is 0 Å². The number of nitrogens with one attached hydrogen (secondary N) is 1. The number of pyridine rings is 1. The van der Waals surface area contributed by atoms with Crippen molar-refractivity contribution in [1.29, 1.82) is 0 Å². The Morgan fingerprint density at radius 1 is 1.19 bits per heavy atom. The first-order chi connectivity index (χ1) is 10.2. The molecular formula is C16H13N3OS. The Morgan fingerprint density at radius 3 is 2.76 bits per heavy atom. The summed E-state index contributed by atoms with van der Waals surface area (Å²) in [4.78, 5) is 20.5. The summed E-state index contributed by atoms with van der Waals surface area (Å²) < 4.78 is 0. The third-order valence-corrected chi connectivity index (χ3v) is 3.83. The number of nitrogens with zero attached hydrogens (tertiary/aromatic N) is 2. The maximum atomic E-state index is 12.2. The van der Waals surface area contributed by atoms with E-state index in [1.165, 1.54) is 11.3 Å². The molecule has 0 bridgehead atoms. The average molecular weight is 295 g/mol. The molecule has 0 aliphatic carbocycles. The van der Waals surface area contributed by atoms with Crippen LogP contribution in [-0.4, -0.2) is 15.9 Å². The van der Waals surface area contributed by atoms with E-state index in [1.807, 2.05) is 43.3 Å². The number of hydrogen-bond donors (Lipinski definition) is 1. The second kappa shape index (κ2) is 5.85. The second-order valence-electron chi connectivity index (χ2n) is 4.60. The lowest BCUT2D eigenvalue weighted by atomic mass is 10.2. The lowest BCUT2D eigenvalue weighted by Crippen LogP contribution is -2.12. The molecule has 0 unspecified atom stereocenters. The van der Waals surface area contributed by atoms with E-state index in [2.05, 4.69) is 15.3 Å². The lowest BCUT2D eigenvalue weighted by Gasteiger charge is -2.03. The summed E-state index contributed by atoms with van der Waals surface area (Å²) in [7, 11) is 0. The molecule has 2 aromatic heterocycles. The molecule has 0 atom stereocenters. The van der Waals surface area contributed by atoms with E-state index in [0.717, 1.165) is 21.8 Å². The normalized spacial score (nSPS) is 10.3. The summed E-state index contributed by atoms with van der Waals surface area (Å²) in [6.45, 7) is 1.99. The molecule has 1 aromatic carbocycles. The number of rotatable bonds is 3. The Kier molecular flexibility index (Phi) is 3.75. The zero-order valence-corrected chi connectivity index (χ0v) is 12.2. The topological polar surface area (TPSA) is 54.9 Å². The van der Waals surface area contributed by atoms with Crippen LogP contribution in [0.5, 0.6) is 0 Å². The van der Waals surface area contributed by atoms with E-state index in [-0.39, 0.29) is 5.91 Å². The van der Waals surface area contributed by atoms with Gasteiger partial charge in [-0.15, -0.1) is 11.3 Å². The molecule has 1 N–H and O–H groups in total. The molecule has 0 fully saturated rings. The smallest absolute Gasteiger partial charge is 0.275 e. The fourth-order valence-corrected chi connectivity index (χ4v) is 2.73. The number of aromatic nitrogens is 2. The van der Waals surface area contributed by atoms with Gasteiger partial charge in [0.05, 0.1) is 0 Å². The molecule has 104 valence electrons. The molecule has 0 aliphatic heterocycles. The first-order valence-corrected chi connectivity index (χ1v) is 7.34. The van der Waals surface area contributed by atoms with Gasteiger partial charge in [0.25, 0.3) is 5.91 Å². The molecule has 0 saturated heterocycles. The van der Waals surface area contributed by atoms with Crippen LogP contribution in [0.1, 0.15) is 16.1 Å². The maximum Gasteiger partial charge on any atom is 0.275 e. The molecule has 0 spiro atoms. The quantitative estimate of drug-likeness (QED) is 0.800. The van der Waals surface area contributed by atoms with Gasteiger partial charge < -0.3 is 5.32 Å². The number of aryl methyl sites for hydroxylation is 1. The van der Waals surface area contributed by atoms with E-state index in [0.29, 0.717) is 5.69 Å². The molecular weight excluding hydrogens is 282 g/mol. The van der Waals surface area contributed by atoms with Crippen molar-refractivity contribution in [2.24, 2.45) is 0 Å². The SMILES string of the molecule is Cc1cccc(NC(=O)c2csc(-c3ccncc3)n2)c1. The molecule has 0 radical (unpaired) electrons. The van der Waals surface area contributed by atoms with Crippen molar-refractivity contribution in [3.8, 4) is 10.6 Å². The third kappa shape index (κ3) is 3.14. The van der Waals surface area contributed by atoms with Crippen molar-refractivity contribution < 1.29 is 4.79 Å². The van der Waals surface area contributed by atoms with E-state index in [1.54, 1.807) is 17.8 Å². The van der Waals surface area contributed by atoms with E-state index < -0.39 is 0 Å². The van der Waals surface area contributed by atoms with E-state index >= 15 is 0 Å². The number of anilines is 1. The molecule has 0 aliphatic rings. The molecule has 5 heteroatoms. The van der Waals surface area contributed by atoms with Gasteiger partial charge in [-0.1, -0.05) is 12.1 Å². The summed E-state index contributed by atoms with van der Waals surface area (Å²) >= 11 is 1.44. The minimum atomic E-state index is -0.197. The van der Waals surface area contributed by atoms with Crippen LogP contribution >= 0.6 is 11.3 Å². The predicted molar refractivity (Wildman–Crippen MR) is 84.5 cm³/mol. The van der Waals surface area contributed by atoms with Gasteiger partial charge in [-0.25, -0.2) is 4.98 Å². The zero-order chi connectivity index (χ0) is 14.7. The highest BCUT2D eigenvalue weighted by atomic mass is 32.1. The second-order valence-corrected chi connectivity index (χ2v) is 5.46. The van der Waals surface area contributed by atoms with Gasteiger partial charge >= 0.3 is 0 Å². The van der Waals surface area contributed by atoms with Crippen LogP contribution in [0.25, 0.3) is 10.6 Å². The van der Waals surface area contributed by atoms with Crippen LogP contribution in [0, 0.1) is 6.92 Å². The minimum absolute atomic E-state index is 0.197. The molecule has 0 saturated carbocycles. The van der Waals surface area contributed by atoms with Crippen molar-refractivity contribution in [1.82, 2.24) is 9.97 Å². The highest BCUT2D eigenvalue weighted by Crippen LogP contribution is 2.23. The summed E-state index contributed by atoms with van der Waals surface area (Å²) in [5, 5.41) is 5.43. The zero-order valence-electron chi connectivity index (χ0n) is 11.4. The third-order valence-electron chi connectivity index (χ3n) is 2.94. The first kappa shape index (κ1) is 13.5. The largest absolute Gasteiger partial charge is 0.321 e. The molecule has 1 amide bonds. The van der Waals surface area contributed by atoms with Crippen LogP contribution in [0.4, 0.5) is 5.69 Å². The summed E-state index contributed by atoms with van der Waals surface area (Å²) in [6.07, 6.45) is 3.42. The Hall–Kier alpha value is -2.53. The Morgan fingerprint density at radius 2 is 2.00 bits per heavy atom. The fourth-order valence-electron chi connectivity index (χ4n) is 1.92. The Balaban J connectivity index is 1.78. The van der Waals surface area contributed by atoms with Crippen molar-refractivity contribution in [2.45, 2.75) is 6.92 Å². The highest BCUT2D eigenvalue weighted by molar-refractivity contribution is 7.13. The standard InChI is InChI=1S/C16H13N3OS/c1-11-3-2-4-13(9-11)18-15(20)14-10-21-16(19-14)12-5-7-17-8-6-12/h2-10H,1H3,(H,18,20). The maximum absolute atomic E-state index is 12.2. The van der Waals surface area contributed by atoms with Crippen molar-refractivity contribution in [2.75, 3.05) is 5.32 Å². The van der Waals surface area contributed by atoms with Gasteiger partial charge in [0.1, 0.15) is 10.7 Å². The average Bonchev–Trinajstić information content (AvgIpc) is 2.98. The first-order valence-electron chi connectivity index (χ1n) is 6.46.